The minimum atomic E-state index is -0.518. The van der Waals surface area contributed by atoms with Crippen molar-refractivity contribution in [1.82, 2.24) is 15.2 Å². The number of carbonyl (C=O) groups excluding carboxylic acids is 1. The lowest BCUT2D eigenvalue weighted by molar-refractivity contribution is 0.0902. The molecule has 0 bridgehead atoms. The molecule has 1 saturated heterocycles. The number of piperidine rings is 1. The molecule has 0 saturated carbocycles. The molecule has 1 atom stereocenters. The molecule has 1 aromatic heterocycles. The van der Waals surface area contributed by atoms with Crippen LogP contribution in [0.5, 0.6) is 5.75 Å². The second-order valence-corrected chi connectivity index (χ2v) is 9.07. The Morgan fingerprint density at radius 3 is 2.73 bits per heavy atom. The number of amides is 1. The third-order valence-electron chi connectivity index (χ3n) is 5.65. The van der Waals surface area contributed by atoms with E-state index in [9.17, 15) is 9.18 Å². The molecule has 9 heteroatoms. The van der Waals surface area contributed by atoms with Gasteiger partial charge in [0.15, 0.2) is 0 Å². The molecule has 0 radical (unpaired) electrons. The number of likely N-dealkylation sites (tertiary alicyclic amines) is 1. The largest absolute Gasteiger partial charge is 0.492 e. The molecule has 0 aliphatic carbocycles. The Labute approximate surface area is 201 Å². The second kappa shape index (κ2) is 10.7. The van der Waals surface area contributed by atoms with E-state index >= 15 is 0 Å². The fourth-order valence-corrected chi connectivity index (χ4v) is 4.19. The lowest BCUT2D eigenvalue weighted by Crippen LogP contribution is -2.48. The quantitative estimate of drug-likeness (QED) is 0.516. The van der Waals surface area contributed by atoms with Gasteiger partial charge in [0.2, 0.25) is 0 Å². The van der Waals surface area contributed by atoms with Gasteiger partial charge in [0, 0.05) is 42.2 Å². The number of pyridine rings is 1. The summed E-state index contributed by atoms with van der Waals surface area (Å²) < 4.78 is 19.1. The molecule has 1 fully saturated rings. The van der Waals surface area contributed by atoms with Gasteiger partial charge in [-0.25, -0.2) is 9.37 Å². The summed E-state index contributed by atoms with van der Waals surface area (Å²) in [6.45, 7) is 2.57. The maximum absolute atomic E-state index is 13.5. The van der Waals surface area contributed by atoms with Crippen molar-refractivity contribution in [2.45, 2.75) is 24.9 Å². The Balaban J connectivity index is 1.22. The molecule has 0 spiro atoms. The Kier molecular flexibility index (Phi) is 7.65. The number of hydrogen-bond acceptors (Lipinski definition) is 5. The van der Waals surface area contributed by atoms with E-state index in [4.69, 9.17) is 33.7 Å². The number of ether oxygens (including phenoxy) is 1. The Bertz CT molecular complexity index is 1140. The average Bonchev–Trinajstić information content (AvgIpc) is 2.80. The predicted molar refractivity (Wildman–Crippen MR) is 129 cm³/mol. The number of nitrogens with zero attached hydrogens (tertiary/aromatic N) is 2. The molecular weight excluding hydrogens is 466 g/mol. The van der Waals surface area contributed by atoms with Gasteiger partial charge in [-0.15, -0.1) is 0 Å². The highest BCUT2D eigenvalue weighted by Gasteiger charge is 2.23. The summed E-state index contributed by atoms with van der Waals surface area (Å²) in [5, 5.41) is 4.68. The highest BCUT2D eigenvalue weighted by Crippen LogP contribution is 2.21. The van der Waals surface area contributed by atoms with Crippen LogP contribution in [0.1, 0.15) is 23.3 Å². The van der Waals surface area contributed by atoms with Gasteiger partial charge in [0.1, 0.15) is 23.9 Å². The number of benzene rings is 2. The van der Waals surface area contributed by atoms with Crippen molar-refractivity contribution >= 4 is 40.0 Å². The van der Waals surface area contributed by atoms with Gasteiger partial charge in [0.25, 0.3) is 5.91 Å². The molecule has 1 unspecified atom stereocenters. The number of nitrogens with two attached hydrogens (primary N) is 1. The summed E-state index contributed by atoms with van der Waals surface area (Å²) in [5.41, 5.74) is 7.32. The first-order valence-corrected chi connectivity index (χ1v) is 11.6. The number of rotatable bonds is 7. The third-order valence-corrected chi connectivity index (χ3v) is 6.20. The van der Waals surface area contributed by atoms with E-state index in [1.54, 1.807) is 18.2 Å². The van der Waals surface area contributed by atoms with Gasteiger partial charge in [-0.3, -0.25) is 4.79 Å². The summed E-state index contributed by atoms with van der Waals surface area (Å²) in [6, 6.07) is 13.2. The van der Waals surface area contributed by atoms with Crippen molar-refractivity contribution in [3.8, 4) is 5.75 Å². The molecule has 3 aromatic rings. The van der Waals surface area contributed by atoms with E-state index in [0.29, 0.717) is 23.0 Å². The summed E-state index contributed by atoms with van der Waals surface area (Å²) >= 11 is 11.7. The van der Waals surface area contributed by atoms with Gasteiger partial charge in [-0.05, 0) is 49.2 Å². The second-order valence-electron chi connectivity index (χ2n) is 8.23. The first-order chi connectivity index (χ1) is 15.9. The van der Waals surface area contributed by atoms with Gasteiger partial charge in [0.05, 0.1) is 16.6 Å². The molecule has 174 valence electrons. The first kappa shape index (κ1) is 23.7. The summed E-state index contributed by atoms with van der Waals surface area (Å²) in [5.74, 6) is -0.292. The van der Waals surface area contributed by atoms with Crippen molar-refractivity contribution < 1.29 is 13.9 Å². The lowest BCUT2D eigenvalue weighted by atomic mass is 10.0. The minimum absolute atomic E-state index is 0.0583. The molecule has 3 N–H and O–H groups in total. The fraction of sp³-hybridized carbons (Fsp3) is 0.333. The molecule has 33 heavy (non-hydrogen) atoms. The zero-order valence-electron chi connectivity index (χ0n) is 17.9. The maximum atomic E-state index is 13.5. The van der Waals surface area contributed by atoms with Crippen LogP contribution in [0.3, 0.4) is 0 Å². The van der Waals surface area contributed by atoms with Gasteiger partial charge >= 0.3 is 0 Å². The van der Waals surface area contributed by atoms with Crippen LogP contribution in [0, 0.1) is 5.82 Å². The molecule has 6 nitrogen and oxygen atoms in total. The molecule has 2 heterocycles. The van der Waals surface area contributed by atoms with E-state index < -0.39 is 5.82 Å². The molecule has 4 rings (SSSR count). The Hall–Kier alpha value is -2.45. The average molecular weight is 491 g/mol. The standard InChI is InChI=1S/C24H25Cl2FN4O2/c25-16-2-6-22-15(11-16)1-5-23(30-22)24(32)29-18-7-9-31(10-8-18)13-17(28)14-33-19-3-4-20(26)21(27)12-19/h1-6,11-12,17-18H,7-10,13-14,28H2,(H,29,32). The van der Waals surface area contributed by atoms with Crippen LogP contribution in [-0.4, -0.2) is 54.1 Å². The maximum Gasteiger partial charge on any atom is 0.270 e. The molecule has 1 amide bonds. The number of fused-ring (bicyclic) bond motifs is 1. The van der Waals surface area contributed by atoms with Crippen LogP contribution in [0.2, 0.25) is 10.0 Å². The van der Waals surface area contributed by atoms with Crippen LogP contribution in [-0.2, 0) is 0 Å². The third kappa shape index (κ3) is 6.32. The van der Waals surface area contributed by atoms with E-state index in [1.165, 1.54) is 12.1 Å². The molecule has 2 aromatic carbocycles. The number of hydrogen-bond donors (Lipinski definition) is 2. The zero-order chi connectivity index (χ0) is 23.4. The first-order valence-electron chi connectivity index (χ1n) is 10.8. The zero-order valence-corrected chi connectivity index (χ0v) is 19.5. The van der Waals surface area contributed by atoms with Crippen LogP contribution in [0.15, 0.2) is 48.5 Å². The predicted octanol–water partition coefficient (Wildman–Crippen LogP) is 4.28. The molecule has 1 aliphatic heterocycles. The van der Waals surface area contributed by atoms with Crippen LogP contribution >= 0.6 is 23.2 Å². The summed E-state index contributed by atoms with van der Waals surface area (Å²) in [4.78, 5) is 19.4. The van der Waals surface area contributed by atoms with Crippen LogP contribution in [0.25, 0.3) is 10.9 Å². The monoisotopic (exact) mass is 490 g/mol. The number of halogens is 3. The normalized spacial score (nSPS) is 16.0. The smallest absolute Gasteiger partial charge is 0.270 e. The van der Waals surface area contributed by atoms with Gasteiger partial charge < -0.3 is 20.7 Å². The lowest BCUT2D eigenvalue weighted by Gasteiger charge is -2.33. The molecule has 1 aliphatic rings. The van der Waals surface area contributed by atoms with Gasteiger partial charge in [-0.2, -0.15) is 0 Å². The number of nitrogens with one attached hydrogen (secondary N) is 1. The summed E-state index contributed by atoms with van der Waals surface area (Å²) in [6.07, 6.45) is 1.65. The van der Waals surface area contributed by atoms with E-state index in [1.807, 2.05) is 18.2 Å². The SMILES string of the molecule is NC(COc1ccc(Cl)c(F)c1)CN1CCC(NC(=O)c2ccc3cc(Cl)ccc3n2)CC1. The topological polar surface area (TPSA) is 80.5 Å². The van der Waals surface area contributed by atoms with E-state index in [0.717, 1.165) is 36.8 Å². The van der Waals surface area contributed by atoms with Gasteiger partial charge in [-0.1, -0.05) is 29.3 Å². The van der Waals surface area contributed by atoms with Crippen molar-refractivity contribution in [1.29, 1.82) is 0 Å². The summed E-state index contributed by atoms with van der Waals surface area (Å²) in [7, 11) is 0. The van der Waals surface area contributed by atoms with Crippen molar-refractivity contribution in [3.05, 3.63) is 70.1 Å². The van der Waals surface area contributed by atoms with E-state index in [-0.39, 0.29) is 29.6 Å². The minimum Gasteiger partial charge on any atom is -0.492 e. The number of aromatic nitrogens is 1. The Morgan fingerprint density at radius 2 is 1.97 bits per heavy atom. The highest BCUT2D eigenvalue weighted by molar-refractivity contribution is 6.31. The Morgan fingerprint density at radius 1 is 1.18 bits per heavy atom. The van der Waals surface area contributed by atoms with E-state index in [2.05, 4.69) is 15.2 Å². The number of carbonyl (C=O) groups is 1. The van der Waals surface area contributed by atoms with Crippen molar-refractivity contribution in [2.24, 2.45) is 5.73 Å². The molecular formula is C24H25Cl2FN4O2. The fourth-order valence-electron chi connectivity index (χ4n) is 3.90. The van der Waals surface area contributed by atoms with Crippen molar-refractivity contribution in [3.63, 3.8) is 0 Å². The van der Waals surface area contributed by atoms with Crippen LogP contribution in [0.4, 0.5) is 4.39 Å². The highest BCUT2D eigenvalue weighted by atomic mass is 35.5. The van der Waals surface area contributed by atoms with Crippen molar-refractivity contribution in [2.75, 3.05) is 26.2 Å². The van der Waals surface area contributed by atoms with Crippen LogP contribution < -0.4 is 15.8 Å².